The number of hydrogen-bond donors (Lipinski definition) is 1. The van der Waals surface area contributed by atoms with Crippen LogP contribution in [-0.2, 0) is 17.8 Å². The van der Waals surface area contributed by atoms with Crippen LogP contribution in [0.5, 0.6) is 0 Å². The van der Waals surface area contributed by atoms with Gasteiger partial charge in [-0.25, -0.2) is 9.97 Å². The molecule has 0 unspecified atom stereocenters. The van der Waals surface area contributed by atoms with Crippen LogP contribution in [0.2, 0.25) is 0 Å². The molecule has 120 valence electrons. The minimum atomic E-state index is 0.258. The van der Waals surface area contributed by atoms with Gasteiger partial charge in [-0.1, -0.05) is 0 Å². The summed E-state index contributed by atoms with van der Waals surface area (Å²) in [4.78, 5) is 14.9. The Balaban J connectivity index is 1.83. The van der Waals surface area contributed by atoms with Gasteiger partial charge in [-0.05, 0) is 27.2 Å². The van der Waals surface area contributed by atoms with Crippen LogP contribution in [0.1, 0.15) is 42.3 Å². The van der Waals surface area contributed by atoms with Gasteiger partial charge < -0.3 is 14.3 Å². The van der Waals surface area contributed by atoms with E-state index >= 15 is 0 Å². The quantitative estimate of drug-likeness (QED) is 0.920. The molecule has 1 fully saturated rings. The van der Waals surface area contributed by atoms with Crippen molar-refractivity contribution in [2.45, 2.75) is 52.4 Å². The van der Waals surface area contributed by atoms with Crippen LogP contribution in [0.25, 0.3) is 0 Å². The van der Waals surface area contributed by atoms with Crippen molar-refractivity contribution in [1.82, 2.24) is 24.4 Å². The maximum absolute atomic E-state index is 5.60. The molecule has 0 amide bonds. The van der Waals surface area contributed by atoms with E-state index < -0.39 is 0 Å². The van der Waals surface area contributed by atoms with Gasteiger partial charge in [0.25, 0.3) is 0 Å². The Hall–Kier alpha value is -1.66. The van der Waals surface area contributed by atoms with Gasteiger partial charge in [0.15, 0.2) is 0 Å². The number of rotatable bonds is 5. The number of aromatic nitrogens is 4. The summed E-state index contributed by atoms with van der Waals surface area (Å²) in [7, 11) is 1.79. The van der Waals surface area contributed by atoms with Gasteiger partial charge in [-0.2, -0.15) is 0 Å². The lowest BCUT2D eigenvalue weighted by Crippen LogP contribution is -2.26. The van der Waals surface area contributed by atoms with E-state index in [1.54, 1.807) is 7.11 Å². The van der Waals surface area contributed by atoms with Crippen molar-refractivity contribution < 1.29 is 4.74 Å². The Morgan fingerprint density at radius 1 is 1.41 bits per heavy atom. The van der Waals surface area contributed by atoms with E-state index in [1.807, 2.05) is 12.5 Å². The molecule has 1 saturated heterocycles. The molecule has 1 aliphatic rings. The maximum Gasteiger partial charge on any atom is 0.124 e. The topological polar surface area (TPSA) is 59.0 Å². The number of aryl methyl sites for hydroxylation is 3. The predicted octanol–water partition coefficient (Wildman–Crippen LogP) is 2.20. The van der Waals surface area contributed by atoms with E-state index in [4.69, 9.17) is 9.72 Å². The van der Waals surface area contributed by atoms with E-state index in [1.165, 1.54) is 5.69 Å². The molecule has 0 aromatic carbocycles. The van der Waals surface area contributed by atoms with Crippen LogP contribution >= 0.6 is 0 Å². The van der Waals surface area contributed by atoms with Crippen molar-refractivity contribution in [2.24, 2.45) is 0 Å². The van der Waals surface area contributed by atoms with Crippen LogP contribution in [0.15, 0.2) is 12.5 Å². The molecule has 2 aromatic heterocycles. The smallest absolute Gasteiger partial charge is 0.124 e. The second-order valence-electron chi connectivity index (χ2n) is 6.04. The molecule has 0 saturated carbocycles. The molecule has 0 spiro atoms. The zero-order chi connectivity index (χ0) is 15.7. The number of nitrogens with zero attached hydrogens (tertiary/aromatic N) is 4. The van der Waals surface area contributed by atoms with Gasteiger partial charge in [-0.3, -0.25) is 4.90 Å². The van der Waals surface area contributed by atoms with E-state index in [9.17, 15) is 0 Å². The van der Waals surface area contributed by atoms with Crippen LogP contribution in [0.3, 0.4) is 0 Å². The summed E-state index contributed by atoms with van der Waals surface area (Å²) in [6.45, 7) is 9.01. The van der Waals surface area contributed by atoms with Gasteiger partial charge in [-0.15, -0.1) is 0 Å². The summed E-state index contributed by atoms with van der Waals surface area (Å²) in [6.07, 6.45) is 5.09. The first-order valence-electron chi connectivity index (χ1n) is 7.91. The van der Waals surface area contributed by atoms with Crippen LogP contribution in [0, 0.1) is 13.8 Å². The Kier molecular flexibility index (Phi) is 4.31. The monoisotopic (exact) mass is 303 g/mol. The van der Waals surface area contributed by atoms with E-state index in [2.05, 4.69) is 40.2 Å². The molecule has 0 radical (unpaired) electrons. The van der Waals surface area contributed by atoms with Crippen molar-refractivity contribution in [2.75, 3.05) is 13.7 Å². The highest BCUT2D eigenvalue weighted by Gasteiger charge is 2.35. The number of likely N-dealkylation sites (tertiary alicyclic amines) is 1. The standard InChI is InChI=1S/C16H25N5O/c1-5-20-10-17-7-13(20)8-21-9-14(22-4)6-15(21)16-18-11(2)12(3)19-16/h7,10,14-15H,5-6,8-9H2,1-4H3,(H,18,19)/t14-,15+/m1/s1. The third-order valence-electron chi connectivity index (χ3n) is 4.66. The minimum absolute atomic E-state index is 0.258. The van der Waals surface area contributed by atoms with Gasteiger partial charge in [0.05, 0.1) is 29.9 Å². The number of methoxy groups -OCH3 is 1. The number of aromatic amines is 1. The van der Waals surface area contributed by atoms with Crippen LogP contribution in [0.4, 0.5) is 0 Å². The Labute approximate surface area is 131 Å². The average Bonchev–Trinajstić information content (AvgIpc) is 3.19. The summed E-state index contributed by atoms with van der Waals surface area (Å²) in [5.74, 6) is 1.05. The van der Waals surface area contributed by atoms with Crippen molar-refractivity contribution in [3.63, 3.8) is 0 Å². The normalized spacial score (nSPS) is 22.5. The van der Waals surface area contributed by atoms with E-state index in [0.29, 0.717) is 0 Å². The van der Waals surface area contributed by atoms with Gasteiger partial charge in [0, 0.05) is 38.6 Å². The maximum atomic E-state index is 5.60. The molecule has 1 aliphatic heterocycles. The highest BCUT2D eigenvalue weighted by Crippen LogP contribution is 2.33. The molecule has 22 heavy (non-hydrogen) atoms. The molecule has 2 aromatic rings. The Morgan fingerprint density at radius 3 is 2.86 bits per heavy atom. The molecular formula is C16H25N5O. The Morgan fingerprint density at radius 2 is 2.23 bits per heavy atom. The molecule has 0 aliphatic carbocycles. The molecule has 6 heteroatoms. The number of imidazole rings is 2. The van der Waals surface area contributed by atoms with Crippen molar-refractivity contribution in [3.8, 4) is 0 Å². The summed E-state index contributed by atoms with van der Waals surface area (Å²) in [5.41, 5.74) is 3.47. The summed E-state index contributed by atoms with van der Waals surface area (Å²) in [5, 5.41) is 0. The third kappa shape index (κ3) is 2.80. The number of H-pyrrole nitrogens is 1. The number of hydrogen-bond acceptors (Lipinski definition) is 4. The fourth-order valence-corrected chi connectivity index (χ4v) is 3.20. The third-order valence-corrected chi connectivity index (χ3v) is 4.66. The Bertz CT molecular complexity index is 613. The first kappa shape index (κ1) is 15.2. The fourth-order valence-electron chi connectivity index (χ4n) is 3.20. The van der Waals surface area contributed by atoms with E-state index in [0.717, 1.165) is 43.3 Å². The number of nitrogens with one attached hydrogen (secondary N) is 1. The molecule has 3 rings (SSSR count). The lowest BCUT2D eigenvalue weighted by molar-refractivity contribution is 0.107. The lowest BCUT2D eigenvalue weighted by atomic mass is 10.2. The molecule has 6 nitrogen and oxygen atoms in total. The van der Waals surface area contributed by atoms with Gasteiger partial charge in [0.1, 0.15) is 5.82 Å². The minimum Gasteiger partial charge on any atom is -0.380 e. The SMILES string of the molecule is CCn1cncc1CN1C[C@H](OC)C[C@H]1c1nc(C)c(C)[nH]1. The molecule has 0 bridgehead atoms. The molecular weight excluding hydrogens is 278 g/mol. The van der Waals surface area contributed by atoms with Gasteiger partial charge >= 0.3 is 0 Å². The summed E-state index contributed by atoms with van der Waals surface area (Å²) in [6, 6.07) is 0.276. The zero-order valence-corrected chi connectivity index (χ0v) is 13.8. The number of ether oxygens (including phenoxy) is 1. The first-order chi connectivity index (χ1) is 10.6. The highest BCUT2D eigenvalue weighted by molar-refractivity contribution is 5.15. The highest BCUT2D eigenvalue weighted by atomic mass is 16.5. The van der Waals surface area contributed by atoms with Crippen molar-refractivity contribution >= 4 is 0 Å². The fraction of sp³-hybridized carbons (Fsp3) is 0.625. The van der Waals surface area contributed by atoms with Crippen molar-refractivity contribution in [1.29, 1.82) is 0 Å². The largest absolute Gasteiger partial charge is 0.380 e. The van der Waals surface area contributed by atoms with Crippen molar-refractivity contribution in [3.05, 3.63) is 35.4 Å². The molecule has 2 atom stereocenters. The zero-order valence-electron chi connectivity index (χ0n) is 13.8. The molecule has 3 heterocycles. The predicted molar refractivity (Wildman–Crippen MR) is 84.5 cm³/mol. The van der Waals surface area contributed by atoms with E-state index in [-0.39, 0.29) is 12.1 Å². The average molecular weight is 303 g/mol. The second kappa shape index (κ2) is 6.22. The first-order valence-corrected chi connectivity index (χ1v) is 7.91. The van der Waals surface area contributed by atoms with Crippen LogP contribution < -0.4 is 0 Å². The van der Waals surface area contributed by atoms with Crippen LogP contribution in [-0.4, -0.2) is 44.2 Å². The van der Waals surface area contributed by atoms with Gasteiger partial charge in [0.2, 0.25) is 0 Å². The summed E-state index contributed by atoms with van der Waals surface area (Å²) >= 11 is 0. The second-order valence-corrected chi connectivity index (χ2v) is 6.04. The summed E-state index contributed by atoms with van der Waals surface area (Å²) < 4.78 is 7.79. The molecule has 1 N–H and O–H groups in total. The lowest BCUT2D eigenvalue weighted by Gasteiger charge is -2.22.